The first-order valence-corrected chi connectivity index (χ1v) is 20.6. The van der Waals surface area contributed by atoms with Gasteiger partial charge in [-0.15, -0.1) is 0 Å². The molecule has 4 aliphatic heterocycles. The van der Waals surface area contributed by atoms with E-state index in [0.29, 0.717) is 22.8 Å². The molecule has 5 heterocycles. The molecule has 1 aromatic heterocycles. The van der Waals surface area contributed by atoms with Crippen LogP contribution < -0.4 is 20.3 Å². The molecule has 0 spiro atoms. The molecule has 4 fully saturated rings. The Hall–Kier alpha value is -5.81. The molecule has 2 aromatic carbocycles. The zero-order valence-electron chi connectivity index (χ0n) is 34.4. The molecule has 308 valence electrons. The van der Waals surface area contributed by atoms with Gasteiger partial charge in [-0.25, -0.2) is 4.98 Å². The van der Waals surface area contributed by atoms with Crippen LogP contribution in [0.1, 0.15) is 95.6 Å². The molecule has 1 unspecified atom stereocenters. The van der Waals surface area contributed by atoms with Crippen LogP contribution in [0, 0.1) is 35.0 Å². The summed E-state index contributed by atoms with van der Waals surface area (Å²) in [7, 11) is 0. The third kappa shape index (κ3) is 6.99. The molecule has 2 N–H and O–H groups in total. The van der Waals surface area contributed by atoms with E-state index in [1.165, 1.54) is 11.1 Å². The Kier molecular flexibility index (Phi) is 10.2. The van der Waals surface area contributed by atoms with Gasteiger partial charge in [0.2, 0.25) is 11.8 Å². The minimum Gasteiger partial charge on any atom is -0.489 e. The number of fused-ring (bicyclic) bond motifs is 1. The number of piperidine rings is 2. The van der Waals surface area contributed by atoms with Crippen LogP contribution in [0.4, 0.5) is 11.5 Å². The van der Waals surface area contributed by atoms with Crippen LogP contribution in [0.3, 0.4) is 0 Å². The Morgan fingerprint density at radius 3 is 2.17 bits per heavy atom. The van der Waals surface area contributed by atoms with Crippen LogP contribution in [0.2, 0.25) is 0 Å². The van der Waals surface area contributed by atoms with Gasteiger partial charge in [0, 0.05) is 74.9 Å². The predicted octanol–water partition coefficient (Wildman–Crippen LogP) is 4.40. The van der Waals surface area contributed by atoms with Gasteiger partial charge in [0.05, 0.1) is 34.4 Å². The van der Waals surface area contributed by atoms with Crippen LogP contribution in [-0.2, 0) is 9.59 Å². The van der Waals surface area contributed by atoms with E-state index in [-0.39, 0.29) is 36.0 Å². The van der Waals surface area contributed by atoms with Crippen molar-refractivity contribution in [2.75, 3.05) is 55.6 Å². The molecule has 3 saturated heterocycles. The van der Waals surface area contributed by atoms with E-state index in [1.807, 2.05) is 52.8 Å². The van der Waals surface area contributed by atoms with Crippen molar-refractivity contribution in [3.8, 4) is 11.8 Å². The highest BCUT2D eigenvalue weighted by molar-refractivity contribution is 6.23. The number of rotatable bonds is 9. The summed E-state index contributed by atoms with van der Waals surface area (Å²) < 4.78 is 6.48. The average molecular weight is 801 g/mol. The van der Waals surface area contributed by atoms with Crippen molar-refractivity contribution in [3.05, 3.63) is 82.5 Å². The number of hydrogen-bond acceptors (Lipinski definition) is 11. The molecule has 5 amide bonds. The summed E-state index contributed by atoms with van der Waals surface area (Å²) in [5.41, 5.74) is 7.23. The van der Waals surface area contributed by atoms with E-state index in [1.54, 1.807) is 30.3 Å². The maximum absolute atomic E-state index is 14.4. The first kappa shape index (κ1) is 40.0. The lowest BCUT2D eigenvalue weighted by atomic mass is 9.48. The molecular formula is C45H52N8O6. The number of carbonyl (C=O) groups excluding carboxylic acids is 5. The molecule has 1 saturated carbocycles. The third-order valence-corrected chi connectivity index (χ3v) is 13.5. The lowest BCUT2D eigenvalue weighted by molar-refractivity contribution is -0.216. The maximum atomic E-state index is 14.4. The van der Waals surface area contributed by atoms with Crippen molar-refractivity contribution < 1.29 is 28.7 Å². The monoisotopic (exact) mass is 800 g/mol. The van der Waals surface area contributed by atoms with Gasteiger partial charge in [-0.1, -0.05) is 27.7 Å². The third-order valence-electron chi connectivity index (χ3n) is 13.5. The van der Waals surface area contributed by atoms with E-state index in [9.17, 15) is 29.2 Å². The molecule has 8 rings (SSSR count). The number of hydrogen-bond donors (Lipinski definition) is 1. The van der Waals surface area contributed by atoms with Crippen molar-refractivity contribution in [1.29, 1.82) is 5.26 Å². The van der Waals surface area contributed by atoms with Crippen LogP contribution in [0.5, 0.6) is 5.75 Å². The normalized spacial score (nSPS) is 24.5. The topological polar surface area (TPSA) is 173 Å². The number of ether oxygens (including phenoxy) is 1. The summed E-state index contributed by atoms with van der Waals surface area (Å²) in [6, 6.07) is 14.8. The molecular weight excluding hydrogens is 749 g/mol. The Labute approximate surface area is 344 Å². The molecule has 59 heavy (non-hydrogen) atoms. The van der Waals surface area contributed by atoms with Gasteiger partial charge in [0.25, 0.3) is 17.7 Å². The van der Waals surface area contributed by atoms with Crippen molar-refractivity contribution in [3.63, 3.8) is 0 Å². The molecule has 3 aromatic rings. The number of likely N-dealkylation sites (tertiary alicyclic amines) is 1. The first-order chi connectivity index (χ1) is 28.1. The van der Waals surface area contributed by atoms with Gasteiger partial charge >= 0.3 is 0 Å². The number of pyridine rings is 1. The fourth-order valence-electron chi connectivity index (χ4n) is 10.7. The Balaban J connectivity index is 0.886. The van der Waals surface area contributed by atoms with E-state index >= 15 is 0 Å². The number of primary amides is 1. The second-order valence-corrected chi connectivity index (χ2v) is 18.0. The summed E-state index contributed by atoms with van der Waals surface area (Å²) >= 11 is 0. The van der Waals surface area contributed by atoms with E-state index in [2.05, 4.69) is 25.8 Å². The lowest BCUT2D eigenvalue weighted by Gasteiger charge is -2.65. The number of nitrogens with two attached hydrogens (primary N) is 1. The lowest BCUT2D eigenvalue weighted by Crippen LogP contribution is -2.77. The zero-order chi connectivity index (χ0) is 42.0. The quantitative estimate of drug-likeness (QED) is 0.304. The summed E-state index contributed by atoms with van der Waals surface area (Å²) in [6.45, 7) is 15.8. The van der Waals surface area contributed by atoms with Crippen LogP contribution in [-0.4, -0.2) is 113 Å². The summed E-state index contributed by atoms with van der Waals surface area (Å²) in [5, 5.41) is 9.37. The van der Waals surface area contributed by atoms with E-state index < -0.39 is 46.5 Å². The standard InChI is InChI=1S/C45H52N8O6/c1-27-22-32(9-6-29(27)24-46)59-43-44(2,3)42(45(43,4)5)53-37(54)13-11-35(41(53)58)52-39(56)33-10-8-31(23-34(33)40(52)57)50-20-18-49(19-21-50)26-28-14-16-51(17-15-28)36-12-7-30(25-48-36)38(47)55/h6-10,12,22-23,25,28,35,42-43H,11,13-21,26H2,1-5H3,(H2,47,55). The van der Waals surface area contributed by atoms with Crippen molar-refractivity contribution >= 4 is 41.0 Å². The van der Waals surface area contributed by atoms with Gasteiger partial charge in [0.15, 0.2) is 0 Å². The number of benzene rings is 2. The highest BCUT2D eigenvalue weighted by Crippen LogP contribution is 2.58. The molecule has 0 radical (unpaired) electrons. The van der Waals surface area contributed by atoms with Crippen molar-refractivity contribution in [1.82, 2.24) is 19.7 Å². The zero-order valence-corrected chi connectivity index (χ0v) is 34.4. The number of piperazine rings is 1. The Morgan fingerprint density at radius 2 is 1.54 bits per heavy atom. The van der Waals surface area contributed by atoms with Crippen molar-refractivity contribution in [2.45, 2.75) is 78.5 Å². The molecule has 0 bridgehead atoms. The minimum absolute atomic E-state index is 0.0326. The summed E-state index contributed by atoms with van der Waals surface area (Å²) in [5.74, 6) is -0.319. The van der Waals surface area contributed by atoms with E-state index in [4.69, 9.17) is 10.5 Å². The second kappa shape index (κ2) is 15.1. The van der Waals surface area contributed by atoms with Crippen LogP contribution in [0.15, 0.2) is 54.7 Å². The van der Waals surface area contributed by atoms with Gasteiger partial charge in [-0.2, -0.15) is 5.26 Å². The number of anilines is 2. The Morgan fingerprint density at radius 1 is 0.847 bits per heavy atom. The fourth-order valence-corrected chi connectivity index (χ4v) is 10.7. The van der Waals surface area contributed by atoms with Gasteiger partial charge in [-0.3, -0.25) is 38.7 Å². The Bertz CT molecular complexity index is 2230. The van der Waals surface area contributed by atoms with Crippen LogP contribution >= 0.6 is 0 Å². The van der Waals surface area contributed by atoms with Gasteiger partial charge < -0.3 is 20.3 Å². The van der Waals surface area contributed by atoms with Crippen molar-refractivity contribution in [2.24, 2.45) is 22.5 Å². The number of aryl methyl sites for hydroxylation is 1. The number of nitriles is 1. The summed E-state index contributed by atoms with van der Waals surface area (Å²) in [6.07, 6.45) is 3.38. The maximum Gasteiger partial charge on any atom is 0.262 e. The van der Waals surface area contributed by atoms with Gasteiger partial charge in [0.1, 0.15) is 23.7 Å². The highest BCUT2D eigenvalue weighted by atomic mass is 16.5. The average Bonchev–Trinajstić information content (AvgIpc) is 3.46. The largest absolute Gasteiger partial charge is 0.489 e. The number of aromatic nitrogens is 1. The molecule has 14 nitrogen and oxygen atoms in total. The second-order valence-electron chi connectivity index (χ2n) is 18.0. The fraction of sp³-hybridized carbons (Fsp3) is 0.489. The predicted molar refractivity (Wildman–Crippen MR) is 220 cm³/mol. The number of imide groups is 2. The smallest absolute Gasteiger partial charge is 0.262 e. The molecule has 14 heteroatoms. The van der Waals surface area contributed by atoms with Gasteiger partial charge in [-0.05, 0) is 86.2 Å². The SMILES string of the molecule is Cc1cc(OC2C(C)(C)C(N3C(=O)CCC(N4C(=O)c5ccc(N6CCN(CC7CCN(c8ccc(C(N)=O)cn8)CC7)CC6)cc5C4=O)C3=O)C2(C)C)ccc1C#N. The minimum atomic E-state index is -1.09. The molecule has 1 atom stereocenters. The molecule has 1 aliphatic carbocycles. The van der Waals surface area contributed by atoms with E-state index in [0.717, 1.165) is 80.6 Å². The number of nitrogens with zero attached hydrogens (tertiary/aromatic N) is 7. The summed E-state index contributed by atoms with van der Waals surface area (Å²) in [4.78, 5) is 81.2. The van der Waals surface area contributed by atoms with Crippen LogP contribution in [0.25, 0.3) is 0 Å². The number of amides is 5. The number of carbonyl (C=O) groups is 5. The first-order valence-electron chi connectivity index (χ1n) is 20.6. The molecule has 5 aliphatic rings. The highest BCUT2D eigenvalue weighted by Gasteiger charge is 2.68.